The van der Waals surface area contributed by atoms with E-state index >= 15 is 0 Å². The van der Waals surface area contributed by atoms with Gasteiger partial charge in [-0.1, -0.05) is 12.1 Å². The molecule has 4 aromatic rings. The van der Waals surface area contributed by atoms with Gasteiger partial charge in [0.2, 0.25) is 0 Å². The molecule has 2 N–H and O–H groups in total. The second-order valence-electron chi connectivity index (χ2n) is 6.14. The van der Waals surface area contributed by atoms with Crippen molar-refractivity contribution in [1.82, 2.24) is 19.7 Å². The number of aromatic nitrogens is 4. The maximum Gasteiger partial charge on any atom is 0.490 e. The second-order valence-corrected chi connectivity index (χ2v) is 6.14. The van der Waals surface area contributed by atoms with Gasteiger partial charge in [-0.15, -0.1) is 0 Å². The number of nitrogens with zero attached hydrogens (tertiary/aromatic N) is 4. The van der Waals surface area contributed by atoms with E-state index in [2.05, 4.69) is 21.1 Å². The first-order chi connectivity index (χ1) is 14.3. The van der Waals surface area contributed by atoms with E-state index in [1.54, 1.807) is 6.20 Å². The van der Waals surface area contributed by atoms with Gasteiger partial charge in [-0.25, -0.2) is 9.78 Å². The fourth-order valence-corrected chi connectivity index (χ4v) is 2.67. The first-order valence-electron chi connectivity index (χ1n) is 8.52. The van der Waals surface area contributed by atoms with Crippen LogP contribution in [0, 0.1) is 11.3 Å². The van der Waals surface area contributed by atoms with E-state index in [4.69, 9.17) is 15.2 Å². The van der Waals surface area contributed by atoms with Crippen LogP contribution in [-0.4, -0.2) is 37.0 Å². The first-order valence-corrected chi connectivity index (χ1v) is 8.52. The van der Waals surface area contributed by atoms with Crippen molar-refractivity contribution in [3.63, 3.8) is 0 Å². The van der Waals surface area contributed by atoms with Gasteiger partial charge >= 0.3 is 12.1 Å². The molecule has 7 nitrogen and oxygen atoms in total. The number of aliphatic carboxylic acids is 1. The highest BCUT2D eigenvalue weighted by atomic mass is 19.4. The first kappa shape index (κ1) is 20.6. The van der Waals surface area contributed by atoms with Gasteiger partial charge in [0.15, 0.2) is 0 Å². The Balaban J connectivity index is 0.000000318. The number of hydrogen-bond acceptors (Lipinski definition) is 4. The van der Waals surface area contributed by atoms with Crippen molar-refractivity contribution in [3.05, 3.63) is 72.3 Å². The Hall–Kier alpha value is -4.13. The summed E-state index contributed by atoms with van der Waals surface area (Å²) in [5, 5.41) is 21.5. The average molecular weight is 413 g/mol. The summed E-state index contributed by atoms with van der Waals surface area (Å²) in [5.74, 6) is -2.76. The van der Waals surface area contributed by atoms with Gasteiger partial charge in [0.25, 0.3) is 0 Å². The predicted molar refractivity (Wildman–Crippen MR) is 101 cm³/mol. The molecule has 3 heterocycles. The zero-order valence-electron chi connectivity index (χ0n) is 15.3. The Bertz CT molecular complexity index is 1200. The highest BCUT2D eigenvalue weighted by Crippen LogP contribution is 2.26. The van der Waals surface area contributed by atoms with Crippen molar-refractivity contribution in [2.45, 2.75) is 12.7 Å². The number of hydrogen-bond donors (Lipinski definition) is 2. The Morgan fingerprint density at radius 1 is 1.20 bits per heavy atom. The number of alkyl halides is 3. The van der Waals surface area contributed by atoms with Crippen LogP contribution in [0.3, 0.4) is 0 Å². The number of carbonyl (C=O) groups is 1. The molecule has 0 saturated carbocycles. The number of halogens is 3. The molecule has 0 fully saturated rings. The number of H-pyrrole nitrogens is 1. The molecule has 0 spiro atoms. The van der Waals surface area contributed by atoms with Crippen LogP contribution in [0.25, 0.3) is 22.2 Å². The number of nitriles is 1. The fraction of sp³-hybridized carbons (Fsp3) is 0.100. The maximum atomic E-state index is 10.6. The molecule has 0 aliphatic heterocycles. The topological polar surface area (TPSA) is 108 Å². The molecule has 0 atom stereocenters. The van der Waals surface area contributed by atoms with Gasteiger partial charge in [-0.2, -0.15) is 23.5 Å². The molecular formula is C20H14F3N5O2. The van der Waals surface area contributed by atoms with E-state index < -0.39 is 12.1 Å². The molecule has 0 saturated heterocycles. The Morgan fingerprint density at radius 3 is 2.53 bits per heavy atom. The van der Waals surface area contributed by atoms with Gasteiger partial charge in [0.05, 0.1) is 24.4 Å². The van der Waals surface area contributed by atoms with Crippen LogP contribution in [0.4, 0.5) is 13.2 Å². The molecule has 0 unspecified atom stereocenters. The molecule has 0 amide bonds. The van der Waals surface area contributed by atoms with Crippen LogP contribution in [0.5, 0.6) is 0 Å². The van der Waals surface area contributed by atoms with Gasteiger partial charge in [0, 0.05) is 29.5 Å². The fourth-order valence-electron chi connectivity index (χ4n) is 2.67. The molecule has 152 valence electrons. The van der Waals surface area contributed by atoms with E-state index in [9.17, 15) is 13.2 Å². The summed E-state index contributed by atoms with van der Waals surface area (Å²) < 4.78 is 33.6. The highest BCUT2D eigenvalue weighted by molar-refractivity contribution is 5.92. The third-order valence-corrected chi connectivity index (χ3v) is 4.07. The monoisotopic (exact) mass is 413 g/mol. The van der Waals surface area contributed by atoms with Gasteiger partial charge in [-0.3, -0.25) is 4.68 Å². The normalized spacial score (nSPS) is 10.9. The molecule has 4 rings (SSSR count). The van der Waals surface area contributed by atoms with Crippen molar-refractivity contribution < 1.29 is 23.1 Å². The number of rotatable bonds is 3. The van der Waals surface area contributed by atoms with E-state index in [0.717, 1.165) is 27.7 Å². The molecular weight excluding hydrogens is 399 g/mol. The molecule has 0 radical (unpaired) electrons. The lowest BCUT2D eigenvalue weighted by atomic mass is 10.1. The van der Waals surface area contributed by atoms with Crippen molar-refractivity contribution in [3.8, 4) is 17.2 Å². The lowest BCUT2D eigenvalue weighted by Gasteiger charge is -2.02. The number of benzene rings is 1. The Morgan fingerprint density at radius 2 is 1.90 bits per heavy atom. The zero-order valence-corrected chi connectivity index (χ0v) is 15.3. The van der Waals surface area contributed by atoms with Gasteiger partial charge < -0.3 is 10.1 Å². The SMILES string of the molecule is N#Cc1ccc(Cn2cc(-c3ccnc4[nH]ccc34)cn2)cc1.O=C(O)C(F)(F)F. The lowest BCUT2D eigenvalue weighted by molar-refractivity contribution is -0.192. The van der Waals surface area contributed by atoms with E-state index in [1.807, 2.05) is 59.7 Å². The second kappa shape index (κ2) is 8.48. The molecule has 1 aromatic carbocycles. The zero-order chi connectivity index (χ0) is 21.7. The summed E-state index contributed by atoms with van der Waals surface area (Å²) in [6.45, 7) is 0.674. The standard InChI is InChI=1S/C18H13N5.C2HF3O2/c19-9-13-1-3-14(4-2-13)11-23-12-15(10-22-23)16-5-7-20-18-17(16)6-8-21-18;3-2(4,5)1(6)7/h1-8,10,12H,11H2,(H,20,21);(H,6,7). The van der Waals surface area contributed by atoms with Crippen molar-refractivity contribution in [1.29, 1.82) is 5.26 Å². The Kier molecular flexibility index (Phi) is 5.83. The third-order valence-electron chi connectivity index (χ3n) is 4.07. The van der Waals surface area contributed by atoms with Crippen LogP contribution in [0.15, 0.2) is 61.2 Å². The average Bonchev–Trinajstić information content (AvgIpc) is 3.37. The quantitative estimate of drug-likeness (QED) is 0.528. The number of aromatic amines is 1. The molecule has 0 aliphatic rings. The highest BCUT2D eigenvalue weighted by Gasteiger charge is 2.38. The van der Waals surface area contributed by atoms with Crippen molar-refractivity contribution >= 4 is 17.0 Å². The summed E-state index contributed by atoms with van der Waals surface area (Å²) in [6, 6.07) is 13.7. The maximum absolute atomic E-state index is 10.6. The summed E-state index contributed by atoms with van der Waals surface area (Å²) >= 11 is 0. The number of pyridine rings is 1. The third kappa shape index (κ3) is 4.82. The molecule has 0 bridgehead atoms. The summed E-state index contributed by atoms with van der Waals surface area (Å²) in [4.78, 5) is 16.3. The number of nitrogens with one attached hydrogen (secondary N) is 1. The summed E-state index contributed by atoms with van der Waals surface area (Å²) in [6.07, 6.45) is 2.50. The van der Waals surface area contributed by atoms with Crippen LogP contribution in [-0.2, 0) is 11.3 Å². The van der Waals surface area contributed by atoms with Crippen LogP contribution in [0.1, 0.15) is 11.1 Å². The number of fused-ring (bicyclic) bond motifs is 1. The largest absolute Gasteiger partial charge is 0.490 e. The van der Waals surface area contributed by atoms with E-state index in [-0.39, 0.29) is 0 Å². The molecule has 0 aliphatic carbocycles. The minimum atomic E-state index is -5.08. The number of carboxylic acids is 1. The van der Waals surface area contributed by atoms with Crippen molar-refractivity contribution in [2.24, 2.45) is 0 Å². The predicted octanol–water partition coefficient (Wildman–Crippen LogP) is 3.98. The van der Waals surface area contributed by atoms with Crippen LogP contribution >= 0.6 is 0 Å². The summed E-state index contributed by atoms with van der Waals surface area (Å²) in [7, 11) is 0. The minimum Gasteiger partial charge on any atom is -0.475 e. The molecule has 30 heavy (non-hydrogen) atoms. The van der Waals surface area contributed by atoms with Crippen LogP contribution in [0.2, 0.25) is 0 Å². The molecule has 10 heteroatoms. The van der Waals surface area contributed by atoms with Crippen molar-refractivity contribution in [2.75, 3.05) is 0 Å². The van der Waals surface area contributed by atoms with Crippen LogP contribution < -0.4 is 0 Å². The molecule has 3 aromatic heterocycles. The van der Waals surface area contributed by atoms with Gasteiger partial charge in [-0.05, 0) is 35.4 Å². The summed E-state index contributed by atoms with van der Waals surface area (Å²) in [5.41, 5.74) is 4.83. The smallest absolute Gasteiger partial charge is 0.475 e. The Labute approximate surface area is 168 Å². The van der Waals surface area contributed by atoms with Gasteiger partial charge in [0.1, 0.15) is 5.65 Å². The minimum absolute atomic E-state index is 0.668. The van der Waals surface area contributed by atoms with E-state index in [1.165, 1.54) is 0 Å². The lowest BCUT2D eigenvalue weighted by Crippen LogP contribution is -2.21. The number of carboxylic acid groups (broad SMARTS) is 1. The van der Waals surface area contributed by atoms with E-state index in [0.29, 0.717) is 12.1 Å².